The Kier molecular flexibility index (Phi) is 5.38. The first-order chi connectivity index (χ1) is 17.1. The molecule has 1 aliphatic rings. The number of rotatable bonds is 5. The lowest BCUT2D eigenvalue weighted by molar-refractivity contribution is 0.286. The standard InChI is InChI=1S/C29H26N4OS/c1-19-17-24(20(2)33(19)26-14-7-10-21-9-3-4-12-23(21)26)28-27(25-13-5-6-15-30-25)31-29(35)32(28)18-22-11-8-16-34-22/h3-17,27-28H,18H2,1-2H3,(H,31,35)/t27-,28+/m0/s1. The van der Waals surface area contributed by atoms with E-state index in [-0.39, 0.29) is 12.1 Å². The zero-order chi connectivity index (χ0) is 23.9. The molecule has 3 aromatic heterocycles. The van der Waals surface area contributed by atoms with Gasteiger partial charge in [-0.2, -0.15) is 0 Å². The summed E-state index contributed by atoms with van der Waals surface area (Å²) < 4.78 is 8.06. The Morgan fingerprint density at radius 1 is 0.971 bits per heavy atom. The highest BCUT2D eigenvalue weighted by atomic mass is 32.1. The van der Waals surface area contributed by atoms with Crippen molar-refractivity contribution in [3.8, 4) is 5.69 Å². The van der Waals surface area contributed by atoms with Crippen LogP contribution in [-0.2, 0) is 6.54 Å². The molecule has 6 heteroatoms. The van der Waals surface area contributed by atoms with Crippen LogP contribution in [0.3, 0.4) is 0 Å². The molecule has 4 heterocycles. The fraction of sp³-hybridized carbons (Fsp3) is 0.172. The Morgan fingerprint density at radius 2 is 1.80 bits per heavy atom. The number of hydrogen-bond donors (Lipinski definition) is 1. The van der Waals surface area contributed by atoms with Gasteiger partial charge in [0.05, 0.1) is 36.3 Å². The molecule has 1 fully saturated rings. The van der Waals surface area contributed by atoms with Crippen LogP contribution < -0.4 is 5.32 Å². The van der Waals surface area contributed by atoms with Crippen LogP contribution in [0.1, 0.15) is 40.5 Å². The number of pyridine rings is 1. The van der Waals surface area contributed by atoms with Gasteiger partial charge < -0.3 is 19.2 Å². The third kappa shape index (κ3) is 3.70. The maximum absolute atomic E-state index is 5.85. The zero-order valence-corrected chi connectivity index (χ0v) is 20.5. The monoisotopic (exact) mass is 478 g/mol. The molecule has 0 bridgehead atoms. The minimum Gasteiger partial charge on any atom is -0.467 e. The van der Waals surface area contributed by atoms with E-state index < -0.39 is 0 Å². The predicted octanol–water partition coefficient (Wildman–Crippen LogP) is 6.41. The number of aryl methyl sites for hydroxylation is 1. The van der Waals surface area contributed by atoms with Gasteiger partial charge in [0.25, 0.3) is 0 Å². The molecule has 1 N–H and O–H groups in total. The van der Waals surface area contributed by atoms with Crippen LogP contribution in [0.2, 0.25) is 0 Å². The molecule has 6 rings (SSSR count). The molecule has 5 aromatic rings. The van der Waals surface area contributed by atoms with Crippen LogP contribution in [0.15, 0.2) is 95.7 Å². The van der Waals surface area contributed by atoms with Gasteiger partial charge in [0, 0.05) is 23.0 Å². The largest absolute Gasteiger partial charge is 0.467 e. The summed E-state index contributed by atoms with van der Waals surface area (Å²) in [5, 5.41) is 6.72. The molecule has 0 unspecified atom stereocenters. The summed E-state index contributed by atoms with van der Waals surface area (Å²) in [6.45, 7) is 4.96. The number of thiocarbonyl (C=S) groups is 1. The Morgan fingerprint density at radius 3 is 2.60 bits per heavy atom. The van der Waals surface area contributed by atoms with Crippen molar-refractivity contribution in [2.24, 2.45) is 0 Å². The van der Waals surface area contributed by atoms with E-state index in [1.165, 1.54) is 33.4 Å². The molecule has 1 saturated heterocycles. The molecule has 35 heavy (non-hydrogen) atoms. The third-order valence-corrected chi connectivity index (χ3v) is 7.25. The maximum atomic E-state index is 5.85. The van der Waals surface area contributed by atoms with Gasteiger partial charge >= 0.3 is 0 Å². The summed E-state index contributed by atoms with van der Waals surface area (Å²) in [4.78, 5) is 6.91. The van der Waals surface area contributed by atoms with Crippen molar-refractivity contribution < 1.29 is 4.42 Å². The second-order valence-corrected chi connectivity index (χ2v) is 9.38. The predicted molar refractivity (Wildman–Crippen MR) is 142 cm³/mol. The van der Waals surface area contributed by atoms with E-state index in [1.807, 2.05) is 30.5 Å². The van der Waals surface area contributed by atoms with E-state index in [9.17, 15) is 0 Å². The van der Waals surface area contributed by atoms with E-state index in [0.29, 0.717) is 11.7 Å². The summed E-state index contributed by atoms with van der Waals surface area (Å²) >= 11 is 5.85. The third-order valence-electron chi connectivity index (χ3n) is 6.90. The van der Waals surface area contributed by atoms with Crippen LogP contribution in [0.5, 0.6) is 0 Å². The fourth-order valence-electron chi connectivity index (χ4n) is 5.35. The van der Waals surface area contributed by atoms with Crippen molar-refractivity contribution in [3.05, 3.63) is 120 Å². The van der Waals surface area contributed by atoms with Gasteiger partial charge in [-0.1, -0.05) is 42.5 Å². The lowest BCUT2D eigenvalue weighted by Gasteiger charge is -2.27. The van der Waals surface area contributed by atoms with Crippen LogP contribution in [0.25, 0.3) is 16.5 Å². The van der Waals surface area contributed by atoms with Gasteiger partial charge in [0.2, 0.25) is 0 Å². The zero-order valence-electron chi connectivity index (χ0n) is 19.7. The Hall–Kier alpha value is -3.90. The van der Waals surface area contributed by atoms with Crippen molar-refractivity contribution in [2.75, 3.05) is 0 Å². The number of nitrogens with one attached hydrogen (secondary N) is 1. The van der Waals surface area contributed by atoms with Crippen molar-refractivity contribution in [3.63, 3.8) is 0 Å². The number of furan rings is 1. The van der Waals surface area contributed by atoms with E-state index in [0.717, 1.165) is 11.5 Å². The maximum Gasteiger partial charge on any atom is 0.170 e. The van der Waals surface area contributed by atoms with Gasteiger partial charge in [0.1, 0.15) is 5.76 Å². The number of nitrogens with zero attached hydrogens (tertiary/aromatic N) is 3. The molecular formula is C29H26N4OS. The van der Waals surface area contributed by atoms with Crippen molar-refractivity contribution in [1.29, 1.82) is 0 Å². The van der Waals surface area contributed by atoms with E-state index in [2.05, 4.69) is 88.2 Å². The minimum absolute atomic E-state index is 0.0302. The van der Waals surface area contributed by atoms with E-state index in [1.54, 1.807) is 6.26 Å². The van der Waals surface area contributed by atoms with Crippen molar-refractivity contribution >= 4 is 28.1 Å². The highest BCUT2D eigenvalue weighted by Gasteiger charge is 2.41. The molecule has 5 nitrogen and oxygen atoms in total. The SMILES string of the molecule is Cc1cc([C@@H]2[C@H](c3ccccn3)NC(=S)N2Cc2ccco2)c(C)n1-c1cccc2ccccc12. The lowest BCUT2D eigenvalue weighted by atomic mass is 9.96. The summed E-state index contributed by atoms with van der Waals surface area (Å²) in [5.74, 6) is 0.878. The second-order valence-electron chi connectivity index (χ2n) is 8.99. The highest BCUT2D eigenvalue weighted by molar-refractivity contribution is 7.80. The quantitative estimate of drug-likeness (QED) is 0.296. The van der Waals surface area contributed by atoms with Crippen LogP contribution in [0, 0.1) is 13.8 Å². The van der Waals surface area contributed by atoms with Crippen LogP contribution >= 0.6 is 12.2 Å². The summed E-state index contributed by atoms with van der Waals surface area (Å²) in [6, 6.07) is 27.2. The number of benzene rings is 2. The average Bonchev–Trinajstić information content (AvgIpc) is 3.58. The highest BCUT2D eigenvalue weighted by Crippen LogP contribution is 2.42. The molecule has 2 aromatic carbocycles. The van der Waals surface area contributed by atoms with Crippen molar-refractivity contribution in [2.45, 2.75) is 32.5 Å². The van der Waals surface area contributed by atoms with E-state index in [4.69, 9.17) is 16.6 Å². The van der Waals surface area contributed by atoms with Crippen LogP contribution in [-0.4, -0.2) is 19.6 Å². The summed E-state index contributed by atoms with van der Waals surface area (Å²) in [6.07, 6.45) is 3.55. The van der Waals surface area contributed by atoms with Gasteiger partial charge in [0.15, 0.2) is 5.11 Å². The topological polar surface area (TPSA) is 46.2 Å². The number of hydrogen-bond acceptors (Lipinski definition) is 3. The van der Waals surface area contributed by atoms with Gasteiger partial charge in [-0.15, -0.1) is 0 Å². The molecular weight excluding hydrogens is 452 g/mol. The van der Waals surface area contributed by atoms with Gasteiger partial charge in [-0.05, 0) is 73.4 Å². The lowest BCUT2D eigenvalue weighted by Crippen LogP contribution is -2.29. The first kappa shape index (κ1) is 21.6. The average molecular weight is 479 g/mol. The molecule has 0 saturated carbocycles. The Labute approximate surface area is 210 Å². The van der Waals surface area contributed by atoms with Gasteiger partial charge in [-0.3, -0.25) is 4.98 Å². The van der Waals surface area contributed by atoms with Gasteiger partial charge in [-0.25, -0.2) is 0 Å². The molecule has 0 spiro atoms. The first-order valence-corrected chi connectivity index (χ1v) is 12.2. The molecule has 0 radical (unpaired) electrons. The molecule has 174 valence electrons. The molecule has 2 atom stereocenters. The van der Waals surface area contributed by atoms with Crippen LogP contribution in [0.4, 0.5) is 0 Å². The number of fused-ring (bicyclic) bond motifs is 1. The smallest absolute Gasteiger partial charge is 0.170 e. The van der Waals surface area contributed by atoms with Crippen molar-refractivity contribution in [1.82, 2.24) is 19.8 Å². The molecule has 1 aliphatic heterocycles. The number of aromatic nitrogens is 2. The normalized spacial score (nSPS) is 17.8. The molecule has 0 amide bonds. The first-order valence-electron chi connectivity index (χ1n) is 11.8. The molecule has 0 aliphatic carbocycles. The Balaban J connectivity index is 1.51. The van der Waals surface area contributed by atoms with E-state index >= 15 is 0 Å². The fourth-order valence-corrected chi connectivity index (χ4v) is 5.65. The summed E-state index contributed by atoms with van der Waals surface area (Å²) in [7, 11) is 0. The second kappa shape index (κ2) is 8.71. The Bertz CT molecular complexity index is 1500. The summed E-state index contributed by atoms with van der Waals surface area (Å²) in [5.41, 5.74) is 5.76. The minimum atomic E-state index is -0.0693.